The van der Waals surface area contributed by atoms with Crippen molar-refractivity contribution in [2.24, 2.45) is 0 Å². The van der Waals surface area contributed by atoms with E-state index in [1.54, 1.807) is 0 Å². The second-order valence-electron chi connectivity index (χ2n) is 3.41. The quantitative estimate of drug-likeness (QED) is 0.672. The zero-order valence-electron chi connectivity index (χ0n) is 7.03. The fourth-order valence-corrected chi connectivity index (χ4v) is 1.26. The van der Waals surface area contributed by atoms with E-state index in [0.29, 0.717) is 6.61 Å². The molecule has 2 rings (SSSR count). The van der Waals surface area contributed by atoms with Crippen LogP contribution in [0, 0.1) is 0 Å². The highest BCUT2D eigenvalue weighted by molar-refractivity contribution is 5.21. The molecule has 1 aliphatic rings. The minimum atomic E-state index is -0.487. The molecule has 0 aliphatic carbocycles. The van der Waals surface area contributed by atoms with Crippen LogP contribution in [0.25, 0.3) is 0 Å². The van der Waals surface area contributed by atoms with Gasteiger partial charge in [-0.15, -0.1) is 0 Å². The van der Waals surface area contributed by atoms with E-state index in [0.717, 1.165) is 5.56 Å². The lowest BCUT2D eigenvalue weighted by atomic mass is 9.98. The van der Waals surface area contributed by atoms with E-state index in [-0.39, 0.29) is 5.60 Å². The topological polar surface area (TPSA) is 32.8 Å². The maximum Gasteiger partial charge on any atom is 0.119 e. The normalized spacial score (nSPS) is 29.8. The van der Waals surface area contributed by atoms with Gasteiger partial charge in [-0.2, -0.15) is 0 Å². The highest BCUT2D eigenvalue weighted by Crippen LogP contribution is 2.39. The molecule has 1 fully saturated rings. The number of ether oxygens (including phenoxy) is 1. The summed E-state index contributed by atoms with van der Waals surface area (Å²) >= 11 is 0. The van der Waals surface area contributed by atoms with Crippen LogP contribution >= 0.6 is 0 Å². The van der Waals surface area contributed by atoms with Crippen molar-refractivity contribution in [2.75, 3.05) is 6.61 Å². The van der Waals surface area contributed by atoms with E-state index in [1.165, 1.54) is 0 Å². The lowest BCUT2D eigenvalue weighted by Crippen LogP contribution is -2.17. The van der Waals surface area contributed by atoms with Gasteiger partial charge < -0.3 is 9.84 Å². The lowest BCUT2D eigenvalue weighted by molar-refractivity contribution is 0.0849. The third kappa shape index (κ3) is 1.24. The van der Waals surface area contributed by atoms with Crippen LogP contribution in [-0.4, -0.2) is 17.3 Å². The summed E-state index contributed by atoms with van der Waals surface area (Å²) in [6.45, 7) is 2.58. The Labute approximate surface area is 71.8 Å². The molecule has 64 valence electrons. The van der Waals surface area contributed by atoms with Gasteiger partial charge in [0.25, 0.3) is 0 Å². The van der Waals surface area contributed by atoms with Crippen molar-refractivity contribution in [2.45, 2.75) is 18.6 Å². The molecule has 0 unspecified atom stereocenters. The van der Waals surface area contributed by atoms with Crippen molar-refractivity contribution in [3.63, 3.8) is 0 Å². The van der Waals surface area contributed by atoms with Crippen molar-refractivity contribution in [3.8, 4) is 0 Å². The third-order valence-corrected chi connectivity index (χ3v) is 2.29. The molecule has 1 saturated heterocycles. The minimum Gasteiger partial charge on any atom is -0.385 e. The summed E-state index contributed by atoms with van der Waals surface area (Å²) in [4.78, 5) is 0. The molecule has 0 spiro atoms. The van der Waals surface area contributed by atoms with E-state index >= 15 is 0 Å². The Hall–Kier alpha value is -0.860. The largest absolute Gasteiger partial charge is 0.385 e. The predicted molar refractivity (Wildman–Crippen MR) is 45.8 cm³/mol. The average molecular weight is 164 g/mol. The van der Waals surface area contributed by atoms with E-state index in [2.05, 4.69) is 0 Å². The molecule has 2 heteroatoms. The van der Waals surface area contributed by atoms with Gasteiger partial charge in [0.2, 0.25) is 0 Å². The van der Waals surface area contributed by atoms with Gasteiger partial charge in [-0.1, -0.05) is 30.3 Å². The molecule has 1 aliphatic heterocycles. The number of benzene rings is 1. The first-order chi connectivity index (χ1) is 5.72. The van der Waals surface area contributed by atoms with Gasteiger partial charge >= 0.3 is 0 Å². The molecule has 0 amide bonds. The number of aliphatic hydroxyl groups is 1. The van der Waals surface area contributed by atoms with Crippen LogP contribution in [-0.2, 0) is 4.74 Å². The second-order valence-corrected chi connectivity index (χ2v) is 3.41. The third-order valence-electron chi connectivity index (χ3n) is 2.29. The zero-order chi connectivity index (χ0) is 8.60. The van der Waals surface area contributed by atoms with Crippen LogP contribution in [0.3, 0.4) is 0 Å². The summed E-state index contributed by atoms with van der Waals surface area (Å²) < 4.78 is 5.16. The van der Waals surface area contributed by atoms with Crippen molar-refractivity contribution < 1.29 is 9.84 Å². The molecule has 0 aromatic heterocycles. The molecule has 1 aromatic carbocycles. The van der Waals surface area contributed by atoms with E-state index in [9.17, 15) is 5.11 Å². The number of epoxide rings is 1. The standard InChI is InChI=1S/C10H12O2/c1-10(7-12-10)9(11)8-5-3-2-4-6-8/h2-6,9,11H,7H2,1H3/t9-,10+/m0/s1. The van der Waals surface area contributed by atoms with Crippen LogP contribution in [0.4, 0.5) is 0 Å². The van der Waals surface area contributed by atoms with E-state index < -0.39 is 6.10 Å². The first-order valence-electron chi connectivity index (χ1n) is 4.09. The molecule has 1 aromatic rings. The average Bonchev–Trinajstić information content (AvgIpc) is 2.85. The maximum atomic E-state index is 9.79. The van der Waals surface area contributed by atoms with Crippen molar-refractivity contribution in [1.82, 2.24) is 0 Å². The number of rotatable bonds is 2. The van der Waals surface area contributed by atoms with Gasteiger partial charge in [-0.3, -0.25) is 0 Å². The Morgan fingerprint density at radius 1 is 1.42 bits per heavy atom. The molecule has 0 saturated carbocycles. The molecular weight excluding hydrogens is 152 g/mol. The Morgan fingerprint density at radius 2 is 2.00 bits per heavy atom. The smallest absolute Gasteiger partial charge is 0.119 e. The van der Waals surface area contributed by atoms with Crippen LogP contribution in [0.1, 0.15) is 18.6 Å². The zero-order valence-corrected chi connectivity index (χ0v) is 7.03. The summed E-state index contributed by atoms with van der Waals surface area (Å²) in [6, 6.07) is 9.61. The highest BCUT2D eigenvalue weighted by Gasteiger charge is 2.46. The number of aliphatic hydroxyl groups excluding tert-OH is 1. The Kier molecular flexibility index (Phi) is 1.67. The number of hydrogen-bond donors (Lipinski definition) is 1. The van der Waals surface area contributed by atoms with Crippen LogP contribution in [0.2, 0.25) is 0 Å². The summed E-state index contributed by atoms with van der Waals surface area (Å²) in [6.07, 6.45) is -0.487. The molecule has 2 atom stereocenters. The summed E-state index contributed by atoms with van der Waals surface area (Å²) in [7, 11) is 0. The molecule has 0 bridgehead atoms. The minimum absolute atomic E-state index is 0.332. The lowest BCUT2D eigenvalue weighted by Gasteiger charge is -2.14. The monoisotopic (exact) mass is 164 g/mol. The molecule has 2 nitrogen and oxygen atoms in total. The van der Waals surface area contributed by atoms with Gasteiger partial charge in [0.1, 0.15) is 11.7 Å². The van der Waals surface area contributed by atoms with Gasteiger partial charge in [-0.05, 0) is 12.5 Å². The summed E-state index contributed by atoms with van der Waals surface area (Å²) in [5, 5.41) is 9.79. The Balaban J connectivity index is 2.20. The number of hydrogen-bond acceptors (Lipinski definition) is 2. The maximum absolute atomic E-state index is 9.79. The van der Waals surface area contributed by atoms with Gasteiger partial charge in [-0.25, -0.2) is 0 Å². The highest BCUT2D eigenvalue weighted by atomic mass is 16.6. The van der Waals surface area contributed by atoms with Crippen molar-refractivity contribution >= 4 is 0 Å². The summed E-state index contributed by atoms with van der Waals surface area (Å²) in [5.41, 5.74) is 0.596. The summed E-state index contributed by atoms with van der Waals surface area (Å²) in [5.74, 6) is 0. The molecule has 0 radical (unpaired) electrons. The second kappa shape index (κ2) is 2.57. The van der Waals surface area contributed by atoms with E-state index in [4.69, 9.17) is 4.74 Å². The first kappa shape index (κ1) is 7.77. The van der Waals surface area contributed by atoms with Crippen molar-refractivity contribution in [3.05, 3.63) is 35.9 Å². The van der Waals surface area contributed by atoms with Crippen LogP contribution in [0.5, 0.6) is 0 Å². The first-order valence-corrected chi connectivity index (χ1v) is 4.09. The van der Waals surface area contributed by atoms with E-state index in [1.807, 2.05) is 37.3 Å². The molecule has 1 heterocycles. The van der Waals surface area contributed by atoms with Crippen molar-refractivity contribution in [1.29, 1.82) is 0 Å². The SMILES string of the molecule is C[C@]1([C@@H](O)c2ccccc2)CO1. The molecule has 1 N–H and O–H groups in total. The van der Waals surface area contributed by atoms with Gasteiger partial charge in [0.05, 0.1) is 6.61 Å². The fraction of sp³-hybridized carbons (Fsp3) is 0.400. The van der Waals surface area contributed by atoms with Gasteiger partial charge in [0, 0.05) is 0 Å². The van der Waals surface area contributed by atoms with Crippen LogP contribution < -0.4 is 0 Å². The Morgan fingerprint density at radius 3 is 2.50 bits per heavy atom. The molecule has 12 heavy (non-hydrogen) atoms. The Bertz CT molecular complexity index is 264. The fourth-order valence-electron chi connectivity index (χ4n) is 1.26. The predicted octanol–water partition coefficient (Wildman–Crippen LogP) is 1.51. The molecular formula is C10H12O2. The van der Waals surface area contributed by atoms with Crippen LogP contribution in [0.15, 0.2) is 30.3 Å². The van der Waals surface area contributed by atoms with Gasteiger partial charge in [0.15, 0.2) is 0 Å².